The van der Waals surface area contributed by atoms with Crippen LogP contribution in [0.2, 0.25) is 0 Å². The van der Waals surface area contributed by atoms with Crippen LogP contribution in [0, 0.1) is 12.8 Å². The van der Waals surface area contributed by atoms with Crippen LogP contribution in [0.25, 0.3) is 0 Å². The minimum Gasteiger partial charge on any atom is -0.348 e. The van der Waals surface area contributed by atoms with Gasteiger partial charge in [-0.3, -0.25) is 9.78 Å². The molecule has 17 heavy (non-hydrogen) atoms. The first-order valence-electron chi connectivity index (χ1n) is 5.81. The van der Waals surface area contributed by atoms with Gasteiger partial charge >= 0.3 is 0 Å². The first kappa shape index (κ1) is 14.2. The molecule has 0 radical (unpaired) electrons. The number of hydrogen-bond donors (Lipinski definition) is 1. The number of aromatic nitrogens is 1. The van der Waals surface area contributed by atoms with Crippen molar-refractivity contribution in [3.63, 3.8) is 0 Å². The Morgan fingerprint density at radius 3 is 2.71 bits per heavy atom. The van der Waals surface area contributed by atoms with Crippen LogP contribution >= 0.6 is 15.9 Å². The number of rotatable bonds is 5. The third kappa shape index (κ3) is 4.86. The fourth-order valence-corrected chi connectivity index (χ4v) is 2.10. The molecule has 1 unspecified atom stereocenters. The minimum atomic E-state index is -0.0497. The van der Waals surface area contributed by atoms with E-state index in [1.165, 1.54) is 0 Å². The van der Waals surface area contributed by atoms with E-state index in [0.717, 1.165) is 17.3 Å². The molecule has 0 aromatic carbocycles. The van der Waals surface area contributed by atoms with Gasteiger partial charge in [0.1, 0.15) is 0 Å². The van der Waals surface area contributed by atoms with Crippen molar-refractivity contribution in [1.29, 1.82) is 0 Å². The molecule has 0 saturated carbocycles. The summed E-state index contributed by atoms with van der Waals surface area (Å²) in [6, 6.07) is 2.02. The Morgan fingerprint density at radius 2 is 2.18 bits per heavy atom. The second-order valence-electron chi connectivity index (χ2n) is 4.71. The van der Waals surface area contributed by atoms with Gasteiger partial charge in [0.05, 0.1) is 5.56 Å². The first-order chi connectivity index (χ1) is 8.02. The molecule has 94 valence electrons. The molecule has 0 saturated heterocycles. The van der Waals surface area contributed by atoms with Crippen LogP contribution in [0.4, 0.5) is 0 Å². The van der Waals surface area contributed by atoms with Gasteiger partial charge in [0.2, 0.25) is 0 Å². The van der Waals surface area contributed by atoms with Crippen molar-refractivity contribution in [3.8, 4) is 0 Å². The highest BCUT2D eigenvalue weighted by Crippen LogP contribution is 2.08. The second-order valence-corrected chi connectivity index (χ2v) is 5.35. The smallest absolute Gasteiger partial charge is 0.253 e. The predicted octanol–water partition coefficient (Wildman–Crippen LogP) is 2.93. The fourth-order valence-electron chi connectivity index (χ4n) is 1.68. The Morgan fingerprint density at radius 1 is 1.47 bits per heavy atom. The Bertz CT molecular complexity index is 379. The molecular formula is C13H19BrN2O. The number of aryl methyl sites for hydroxylation is 1. The quantitative estimate of drug-likeness (QED) is 0.849. The number of alkyl halides is 1. The summed E-state index contributed by atoms with van der Waals surface area (Å²) in [5, 5.41) is 3.79. The number of amides is 1. The molecule has 0 spiro atoms. The molecule has 0 fully saturated rings. The molecule has 0 aliphatic rings. The third-order valence-corrected chi connectivity index (χ3v) is 3.20. The lowest BCUT2D eigenvalue weighted by atomic mass is 10.0. The number of pyridine rings is 1. The molecule has 3 nitrogen and oxygen atoms in total. The van der Waals surface area contributed by atoms with Gasteiger partial charge in [-0.15, -0.1) is 0 Å². The molecule has 0 bridgehead atoms. The van der Waals surface area contributed by atoms with Crippen molar-refractivity contribution in [2.24, 2.45) is 5.92 Å². The molecule has 1 aromatic rings. The summed E-state index contributed by atoms with van der Waals surface area (Å²) >= 11 is 3.43. The Kier molecular flexibility index (Phi) is 5.62. The monoisotopic (exact) mass is 298 g/mol. The molecule has 1 atom stereocenters. The summed E-state index contributed by atoms with van der Waals surface area (Å²) < 4.78 is 0. The second kappa shape index (κ2) is 6.74. The van der Waals surface area contributed by atoms with Gasteiger partial charge in [0, 0.05) is 23.8 Å². The number of halogens is 1. The third-order valence-electron chi connectivity index (χ3n) is 2.41. The van der Waals surface area contributed by atoms with E-state index in [-0.39, 0.29) is 11.9 Å². The van der Waals surface area contributed by atoms with E-state index in [1.807, 2.05) is 13.0 Å². The van der Waals surface area contributed by atoms with Gasteiger partial charge in [-0.05, 0) is 30.9 Å². The van der Waals surface area contributed by atoms with Crippen LogP contribution in [-0.2, 0) is 0 Å². The minimum absolute atomic E-state index is 0.0497. The summed E-state index contributed by atoms with van der Waals surface area (Å²) in [6.07, 6.45) is 4.31. The average molecular weight is 299 g/mol. The van der Waals surface area contributed by atoms with E-state index in [4.69, 9.17) is 0 Å². The lowest BCUT2D eigenvalue weighted by molar-refractivity contribution is 0.0936. The van der Waals surface area contributed by atoms with Crippen molar-refractivity contribution in [1.82, 2.24) is 10.3 Å². The summed E-state index contributed by atoms with van der Waals surface area (Å²) in [7, 11) is 0. The fraction of sp³-hybridized carbons (Fsp3) is 0.538. The Hall–Kier alpha value is -0.900. The van der Waals surface area contributed by atoms with Crippen molar-refractivity contribution in [2.75, 3.05) is 5.33 Å². The van der Waals surface area contributed by atoms with E-state index < -0.39 is 0 Å². The number of carbonyl (C=O) groups is 1. The molecule has 1 heterocycles. The maximum absolute atomic E-state index is 12.0. The van der Waals surface area contributed by atoms with E-state index in [1.54, 1.807) is 12.4 Å². The van der Waals surface area contributed by atoms with Gasteiger partial charge in [0.15, 0.2) is 0 Å². The maximum atomic E-state index is 12.0. The van der Waals surface area contributed by atoms with Gasteiger partial charge in [-0.25, -0.2) is 0 Å². The number of carbonyl (C=O) groups excluding carboxylic acids is 1. The van der Waals surface area contributed by atoms with Crippen LogP contribution < -0.4 is 5.32 Å². The van der Waals surface area contributed by atoms with Crippen LogP contribution in [0.5, 0.6) is 0 Å². The summed E-state index contributed by atoms with van der Waals surface area (Å²) in [4.78, 5) is 16.0. The molecule has 1 rings (SSSR count). The van der Waals surface area contributed by atoms with Crippen molar-refractivity contribution in [3.05, 3.63) is 29.6 Å². The summed E-state index contributed by atoms with van der Waals surface area (Å²) in [5.41, 5.74) is 1.62. The normalized spacial score (nSPS) is 12.5. The zero-order chi connectivity index (χ0) is 12.8. The lowest BCUT2D eigenvalue weighted by Crippen LogP contribution is -2.37. The van der Waals surface area contributed by atoms with E-state index >= 15 is 0 Å². The number of hydrogen-bond acceptors (Lipinski definition) is 2. The predicted molar refractivity (Wildman–Crippen MR) is 73.5 cm³/mol. The van der Waals surface area contributed by atoms with Crippen LogP contribution in [0.1, 0.15) is 36.2 Å². The molecular weight excluding hydrogens is 280 g/mol. The largest absolute Gasteiger partial charge is 0.348 e. The molecule has 1 aromatic heterocycles. The standard InChI is InChI=1S/C13H19BrN2O/c1-9(2)4-12(6-14)16-13(17)11-5-10(3)7-15-8-11/h5,7-9,12H,4,6H2,1-3H3,(H,16,17). The molecule has 1 N–H and O–H groups in total. The summed E-state index contributed by atoms with van der Waals surface area (Å²) in [6.45, 7) is 6.23. The van der Waals surface area contributed by atoms with Crippen LogP contribution in [0.15, 0.2) is 18.5 Å². The lowest BCUT2D eigenvalue weighted by Gasteiger charge is -2.18. The molecule has 0 aliphatic carbocycles. The topological polar surface area (TPSA) is 42.0 Å². The zero-order valence-corrected chi connectivity index (χ0v) is 12.1. The van der Waals surface area contributed by atoms with Gasteiger partial charge in [-0.2, -0.15) is 0 Å². The van der Waals surface area contributed by atoms with Crippen molar-refractivity contribution in [2.45, 2.75) is 33.2 Å². The molecule has 0 aliphatic heterocycles. The van der Waals surface area contributed by atoms with Crippen LogP contribution in [-0.4, -0.2) is 22.3 Å². The SMILES string of the molecule is Cc1cncc(C(=O)NC(CBr)CC(C)C)c1. The Labute approximate surface area is 111 Å². The highest BCUT2D eigenvalue weighted by atomic mass is 79.9. The number of nitrogens with one attached hydrogen (secondary N) is 1. The van der Waals surface area contributed by atoms with Gasteiger partial charge in [0.25, 0.3) is 5.91 Å². The van der Waals surface area contributed by atoms with Crippen molar-refractivity contribution >= 4 is 21.8 Å². The molecule has 4 heteroatoms. The maximum Gasteiger partial charge on any atom is 0.253 e. The zero-order valence-electron chi connectivity index (χ0n) is 10.5. The highest BCUT2D eigenvalue weighted by Gasteiger charge is 2.14. The summed E-state index contributed by atoms with van der Waals surface area (Å²) in [5.74, 6) is 0.514. The van der Waals surface area contributed by atoms with Gasteiger partial charge < -0.3 is 5.32 Å². The average Bonchev–Trinajstić information content (AvgIpc) is 2.27. The molecule has 1 amide bonds. The van der Waals surface area contributed by atoms with Gasteiger partial charge in [-0.1, -0.05) is 29.8 Å². The highest BCUT2D eigenvalue weighted by molar-refractivity contribution is 9.09. The Balaban J connectivity index is 2.64. The number of nitrogens with zero attached hydrogens (tertiary/aromatic N) is 1. The first-order valence-corrected chi connectivity index (χ1v) is 6.93. The van der Waals surface area contributed by atoms with Crippen molar-refractivity contribution < 1.29 is 4.79 Å². The van der Waals surface area contributed by atoms with E-state index in [0.29, 0.717) is 11.5 Å². The van der Waals surface area contributed by atoms with Crippen LogP contribution in [0.3, 0.4) is 0 Å². The van der Waals surface area contributed by atoms with E-state index in [2.05, 4.69) is 40.1 Å². The van der Waals surface area contributed by atoms with E-state index in [9.17, 15) is 4.79 Å².